The van der Waals surface area contributed by atoms with Crippen LogP contribution in [0.15, 0.2) is 34.3 Å². The summed E-state index contributed by atoms with van der Waals surface area (Å²) in [5, 5.41) is 6.11. The highest BCUT2D eigenvalue weighted by Gasteiger charge is 2.24. The molecule has 1 atom stereocenters. The summed E-state index contributed by atoms with van der Waals surface area (Å²) in [6, 6.07) is 8.25. The molecule has 1 amide bonds. The molecule has 0 aromatic heterocycles. The second kappa shape index (κ2) is 10.7. The van der Waals surface area contributed by atoms with Crippen molar-refractivity contribution in [1.82, 2.24) is 9.91 Å². The average Bonchev–Trinajstić information content (AvgIpc) is 2.67. The highest BCUT2D eigenvalue weighted by Crippen LogP contribution is 2.19. The lowest BCUT2D eigenvalue weighted by atomic mass is 10.1. The fourth-order valence-electron chi connectivity index (χ4n) is 2.89. The third kappa shape index (κ3) is 6.43. The molecule has 26 heavy (non-hydrogen) atoms. The third-order valence-corrected chi connectivity index (χ3v) is 6.29. The maximum Gasteiger partial charge on any atom is 0.246 e. The molecule has 0 aliphatic carbocycles. The van der Waals surface area contributed by atoms with E-state index in [1.54, 1.807) is 28.5 Å². The Balaban J connectivity index is 1.80. The Kier molecular flexibility index (Phi) is 8.65. The van der Waals surface area contributed by atoms with Crippen molar-refractivity contribution in [2.75, 3.05) is 32.1 Å². The first-order valence-electron chi connectivity index (χ1n) is 9.06. The van der Waals surface area contributed by atoms with Crippen LogP contribution in [-0.4, -0.2) is 59.8 Å². The number of rotatable bonds is 8. The van der Waals surface area contributed by atoms with E-state index in [9.17, 15) is 4.79 Å². The maximum absolute atomic E-state index is 12.5. The number of carbonyl (C=O) groups excluding carboxylic acids is 1. The minimum atomic E-state index is -0.282. The van der Waals surface area contributed by atoms with Gasteiger partial charge in [0.25, 0.3) is 0 Å². The van der Waals surface area contributed by atoms with Crippen molar-refractivity contribution < 1.29 is 4.79 Å². The number of nitrogens with two attached hydrogens (primary N) is 1. The average molecular weight is 395 g/mol. The quantitative estimate of drug-likeness (QED) is 0.317. The Hall–Kier alpha value is -1.34. The lowest BCUT2D eigenvalue weighted by Gasteiger charge is -2.31. The molecule has 0 radical (unpaired) electrons. The first-order valence-corrected chi connectivity index (χ1v) is 11.4. The topological polar surface area (TPSA) is 61.9 Å². The van der Waals surface area contributed by atoms with E-state index in [4.69, 9.17) is 5.73 Å². The van der Waals surface area contributed by atoms with E-state index < -0.39 is 0 Å². The van der Waals surface area contributed by atoms with Gasteiger partial charge in [0.1, 0.15) is 11.9 Å². The van der Waals surface area contributed by atoms with Gasteiger partial charge in [-0.25, -0.2) is 0 Å². The van der Waals surface area contributed by atoms with Crippen molar-refractivity contribution in [3.63, 3.8) is 0 Å². The van der Waals surface area contributed by atoms with Crippen molar-refractivity contribution in [2.45, 2.75) is 42.9 Å². The van der Waals surface area contributed by atoms with E-state index in [1.165, 1.54) is 16.9 Å². The lowest BCUT2D eigenvalue weighted by Crippen LogP contribution is -2.46. The van der Waals surface area contributed by atoms with Crippen LogP contribution in [0.5, 0.6) is 0 Å². The number of benzene rings is 1. The van der Waals surface area contributed by atoms with Crippen LogP contribution in [0.4, 0.5) is 0 Å². The molecule has 1 saturated heterocycles. The first-order chi connectivity index (χ1) is 12.5. The Morgan fingerprint density at radius 1 is 1.35 bits per heavy atom. The summed E-state index contributed by atoms with van der Waals surface area (Å²) in [4.78, 5) is 15.8. The molecule has 1 heterocycles. The third-order valence-electron chi connectivity index (χ3n) is 4.52. The number of amidine groups is 1. The molecule has 2 N–H and O–H groups in total. The Morgan fingerprint density at radius 3 is 2.77 bits per heavy atom. The number of hydrogen-bond donors (Lipinski definition) is 1. The summed E-state index contributed by atoms with van der Waals surface area (Å²) in [5.41, 5.74) is 7.36. The summed E-state index contributed by atoms with van der Waals surface area (Å²) < 4.78 is 0. The fourth-order valence-corrected chi connectivity index (χ4v) is 4.16. The van der Waals surface area contributed by atoms with E-state index in [0.29, 0.717) is 11.6 Å². The molecule has 5 nitrogen and oxygen atoms in total. The van der Waals surface area contributed by atoms with Gasteiger partial charge in [0, 0.05) is 30.8 Å². The van der Waals surface area contributed by atoms with Gasteiger partial charge < -0.3 is 10.6 Å². The Morgan fingerprint density at radius 2 is 2.08 bits per heavy atom. The van der Waals surface area contributed by atoms with E-state index in [-0.39, 0.29) is 11.9 Å². The summed E-state index contributed by atoms with van der Waals surface area (Å²) in [6.07, 6.45) is 5.50. The van der Waals surface area contributed by atoms with Gasteiger partial charge in [0.15, 0.2) is 0 Å². The number of likely N-dealkylation sites (N-methyl/N-ethyl adjacent to an activating group) is 1. The molecular formula is C19H30N4OS2. The van der Waals surface area contributed by atoms with Crippen LogP contribution in [0.1, 0.15) is 31.7 Å². The molecule has 1 aliphatic heterocycles. The molecule has 7 heteroatoms. The Bertz CT molecular complexity index is 617. The molecular weight excluding hydrogens is 364 g/mol. The standard InChI is InChI=1S/C19H30N4OS2/c1-15(19(24)23-10-5-4-6-11-23)22(2)21-18(20)14-26-13-16-8-7-9-17(12-16)25-3/h7-9,12,15H,4-6,10-11,13-14H2,1-3H3,(H2,20,21)/t15-/m1/s1. The SMILES string of the molecule is CSc1cccc(CSC/C(N)=N/N(C)[C@H](C)C(=O)N2CCCCC2)c1. The van der Waals surface area contributed by atoms with E-state index in [0.717, 1.165) is 31.7 Å². The van der Waals surface area contributed by atoms with E-state index in [2.05, 4.69) is 35.6 Å². The van der Waals surface area contributed by atoms with Gasteiger partial charge in [0.2, 0.25) is 5.91 Å². The predicted octanol–water partition coefficient (Wildman–Crippen LogP) is 3.25. The van der Waals surface area contributed by atoms with Crippen LogP contribution in [-0.2, 0) is 10.5 Å². The van der Waals surface area contributed by atoms with Crippen molar-refractivity contribution in [3.05, 3.63) is 29.8 Å². The van der Waals surface area contributed by atoms with Gasteiger partial charge in [-0.1, -0.05) is 12.1 Å². The molecule has 1 aromatic carbocycles. The van der Waals surface area contributed by atoms with Gasteiger partial charge >= 0.3 is 0 Å². The second-order valence-electron chi connectivity index (χ2n) is 6.57. The first kappa shape index (κ1) is 21.0. The molecule has 0 saturated carbocycles. The summed E-state index contributed by atoms with van der Waals surface area (Å²) in [7, 11) is 1.83. The Labute approximate surface area is 165 Å². The van der Waals surface area contributed by atoms with E-state index >= 15 is 0 Å². The summed E-state index contributed by atoms with van der Waals surface area (Å²) >= 11 is 3.49. The van der Waals surface area contributed by atoms with Gasteiger partial charge in [-0.05, 0) is 50.1 Å². The number of thioether (sulfide) groups is 2. The van der Waals surface area contributed by atoms with Gasteiger partial charge in [-0.3, -0.25) is 9.80 Å². The molecule has 1 aliphatic rings. The number of likely N-dealkylation sites (tertiary alicyclic amines) is 1. The molecule has 1 aromatic rings. The molecule has 0 bridgehead atoms. The van der Waals surface area contributed by atoms with Crippen molar-refractivity contribution in [2.24, 2.45) is 10.8 Å². The molecule has 0 spiro atoms. The number of nitrogens with zero attached hydrogens (tertiary/aromatic N) is 3. The zero-order valence-electron chi connectivity index (χ0n) is 16.0. The minimum absolute atomic E-state index is 0.144. The lowest BCUT2D eigenvalue weighted by molar-refractivity contribution is -0.136. The second-order valence-corrected chi connectivity index (χ2v) is 8.44. The van der Waals surface area contributed by atoms with Gasteiger partial charge in [-0.2, -0.15) is 5.10 Å². The van der Waals surface area contributed by atoms with Crippen LogP contribution in [0.3, 0.4) is 0 Å². The summed E-state index contributed by atoms with van der Waals surface area (Å²) in [5.74, 6) is 2.25. The van der Waals surface area contributed by atoms with E-state index in [1.807, 2.05) is 18.9 Å². The van der Waals surface area contributed by atoms with Gasteiger partial charge in [0.05, 0.1) is 5.75 Å². The van der Waals surface area contributed by atoms with Crippen molar-refractivity contribution in [3.8, 4) is 0 Å². The van der Waals surface area contributed by atoms with Crippen LogP contribution >= 0.6 is 23.5 Å². The number of carbonyl (C=O) groups is 1. The summed E-state index contributed by atoms with van der Waals surface area (Å²) in [6.45, 7) is 3.62. The monoisotopic (exact) mass is 394 g/mol. The number of piperidine rings is 1. The smallest absolute Gasteiger partial charge is 0.246 e. The normalized spacial score (nSPS) is 16.4. The number of hydrogen-bond acceptors (Lipinski definition) is 5. The fraction of sp³-hybridized carbons (Fsp3) is 0.579. The van der Waals surface area contributed by atoms with Crippen LogP contribution in [0, 0.1) is 0 Å². The van der Waals surface area contributed by atoms with Crippen LogP contribution in [0.2, 0.25) is 0 Å². The van der Waals surface area contributed by atoms with Gasteiger partial charge in [-0.15, -0.1) is 23.5 Å². The molecule has 0 unspecified atom stereocenters. The zero-order valence-corrected chi connectivity index (χ0v) is 17.6. The van der Waals surface area contributed by atoms with Crippen molar-refractivity contribution in [1.29, 1.82) is 0 Å². The largest absolute Gasteiger partial charge is 0.385 e. The van der Waals surface area contributed by atoms with Crippen LogP contribution < -0.4 is 5.73 Å². The molecule has 2 rings (SSSR count). The highest BCUT2D eigenvalue weighted by atomic mass is 32.2. The molecule has 144 valence electrons. The number of amides is 1. The molecule has 1 fully saturated rings. The predicted molar refractivity (Wildman–Crippen MR) is 114 cm³/mol. The van der Waals surface area contributed by atoms with Crippen LogP contribution in [0.25, 0.3) is 0 Å². The van der Waals surface area contributed by atoms with Crippen molar-refractivity contribution >= 4 is 35.3 Å². The maximum atomic E-state index is 12.5. The zero-order chi connectivity index (χ0) is 18.9. The number of hydrazone groups is 1. The minimum Gasteiger partial charge on any atom is -0.385 e. The highest BCUT2D eigenvalue weighted by molar-refractivity contribution is 7.99.